The molecular formula is C16H20. The standard InChI is InChI=1S/C16H20/c1-16(2)12-10-15(11-13-16)9-8-14-6-4-3-5-7-14/h3-7,10-13,15H,8-9H2,1-2H3. The third-order valence-electron chi connectivity index (χ3n) is 3.16. The normalized spacial score (nSPS) is 18.9. The number of benzene rings is 1. The first-order valence-electron chi connectivity index (χ1n) is 6.08. The van der Waals surface area contributed by atoms with Crippen molar-refractivity contribution < 1.29 is 0 Å². The van der Waals surface area contributed by atoms with Gasteiger partial charge in [-0.25, -0.2) is 0 Å². The molecule has 0 aliphatic heterocycles. The van der Waals surface area contributed by atoms with Gasteiger partial charge in [-0.1, -0.05) is 68.5 Å². The molecule has 0 amide bonds. The summed E-state index contributed by atoms with van der Waals surface area (Å²) in [5, 5.41) is 0. The predicted molar refractivity (Wildman–Crippen MR) is 70.3 cm³/mol. The number of hydrogen-bond acceptors (Lipinski definition) is 0. The summed E-state index contributed by atoms with van der Waals surface area (Å²) in [6, 6.07) is 10.7. The minimum Gasteiger partial charge on any atom is -0.0808 e. The summed E-state index contributed by atoms with van der Waals surface area (Å²) in [7, 11) is 0. The Morgan fingerprint density at radius 1 is 1.00 bits per heavy atom. The highest BCUT2D eigenvalue weighted by molar-refractivity contribution is 5.19. The van der Waals surface area contributed by atoms with Gasteiger partial charge in [0.05, 0.1) is 0 Å². The summed E-state index contributed by atoms with van der Waals surface area (Å²) in [5.41, 5.74) is 1.69. The smallest absolute Gasteiger partial charge is 0.000483 e. The molecule has 0 saturated carbocycles. The molecule has 1 aliphatic carbocycles. The summed E-state index contributed by atoms with van der Waals surface area (Å²) >= 11 is 0. The first kappa shape index (κ1) is 11.2. The Labute approximate surface area is 98.7 Å². The fourth-order valence-electron chi connectivity index (χ4n) is 2.03. The van der Waals surface area contributed by atoms with E-state index in [9.17, 15) is 0 Å². The highest BCUT2D eigenvalue weighted by atomic mass is 14.2. The maximum Gasteiger partial charge on any atom is 0.000483 e. The molecule has 16 heavy (non-hydrogen) atoms. The number of aryl methyl sites for hydroxylation is 1. The fraction of sp³-hybridized carbons (Fsp3) is 0.375. The average Bonchev–Trinajstić information content (AvgIpc) is 2.29. The van der Waals surface area contributed by atoms with Gasteiger partial charge in [0.15, 0.2) is 0 Å². The van der Waals surface area contributed by atoms with Crippen LogP contribution in [0.25, 0.3) is 0 Å². The van der Waals surface area contributed by atoms with E-state index < -0.39 is 0 Å². The van der Waals surface area contributed by atoms with Gasteiger partial charge < -0.3 is 0 Å². The van der Waals surface area contributed by atoms with Crippen LogP contribution < -0.4 is 0 Å². The van der Waals surface area contributed by atoms with Crippen LogP contribution in [0.1, 0.15) is 25.8 Å². The first-order chi connectivity index (χ1) is 7.66. The van der Waals surface area contributed by atoms with Gasteiger partial charge in [0.1, 0.15) is 0 Å². The van der Waals surface area contributed by atoms with Crippen LogP contribution in [0.2, 0.25) is 0 Å². The van der Waals surface area contributed by atoms with Crippen molar-refractivity contribution in [2.75, 3.05) is 0 Å². The van der Waals surface area contributed by atoms with Crippen molar-refractivity contribution in [2.45, 2.75) is 26.7 Å². The Hall–Kier alpha value is -1.30. The van der Waals surface area contributed by atoms with Crippen LogP contribution in [0, 0.1) is 11.3 Å². The van der Waals surface area contributed by atoms with Crippen molar-refractivity contribution in [3.8, 4) is 0 Å². The van der Waals surface area contributed by atoms with E-state index in [0.717, 1.165) is 0 Å². The molecule has 0 saturated heterocycles. The van der Waals surface area contributed by atoms with Crippen LogP contribution in [0.3, 0.4) is 0 Å². The van der Waals surface area contributed by atoms with Crippen LogP contribution in [-0.4, -0.2) is 0 Å². The van der Waals surface area contributed by atoms with Crippen molar-refractivity contribution in [1.82, 2.24) is 0 Å². The zero-order valence-corrected chi connectivity index (χ0v) is 10.2. The molecule has 1 aromatic carbocycles. The van der Waals surface area contributed by atoms with Crippen LogP contribution in [0.5, 0.6) is 0 Å². The molecule has 84 valence electrons. The van der Waals surface area contributed by atoms with Gasteiger partial charge in [-0.2, -0.15) is 0 Å². The van der Waals surface area contributed by atoms with E-state index >= 15 is 0 Å². The van der Waals surface area contributed by atoms with Crippen molar-refractivity contribution in [1.29, 1.82) is 0 Å². The van der Waals surface area contributed by atoms with Crippen molar-refractivity contribution >= 4 is 0 Å². The maximum absolute atomic E-state index is 2.35. The maximum atomic E-state index is 2.35. The number of hydrogen-bond donors (Lipinski definition) is 0. The van der Waals surface area contributed by atoms with Gasteiger partial charge in [0.25, 0.3) is 0 Å². The van der Waals surface area contributed by atoms with E-state index in [1.54, 1.807) is 0 Å². The van der Waals surface area contributed by atoms with Gasteiger partial charge in [0, 0.05) is 5.41 Å². The minimum absolute atomic E-state index is 0.253. The molecule has 1 aromatic rings. The van der Waals surface area contributed by atoms with E-state index in [1.165, 1.54) is 18.4 Å². The Bertz CT molecular complexity index is 366. The Balaban J connectivity index is 1.87. The molecule has 0 atom stereocenters. The molecule has 0 fully saturated rings. The van der Waals surface area contributed by atoms with E-state index in [1.807, 2.05) is 0 Å². The van der Waals surface area contributed by atoms with Crippen LogP contribution >= 0.6 is 0 Å². The summed E-state index contributed by atoms with van der Waals surface area (Å²) in [6.45, 7) is 4.49. The quantitative estimate of drug-likeness (QED) is 0.652. The van der Waals surface area contributed by atoms with Crippen molar-refractivity contribution in [3.63, 3.8) is 0 Å². The summed E-state index contributed by atoms with van der Waals surface area (Å²) in [5.74, 6) is 0.619. The van der Waals surface area contributed by atoms with E-state index in [2.05, 4.69) is 68.5 Å². The van der Waals surface area contributed by atoms with Gasteiger partial charge in [-0.15, -0.1) is 0 Å². The van der Waals surface area contributed by atoms with Crippen molar-refractivity contribution in [3.05, 3.63) is 60.2 Å². The Morgan fingerprint density at radius 2 is 1.62 bits per heavy atom. The summed E-state index contributed by atoms with van der Waals surface area (Å²) in [6.07, 6.45) is 11.7. The van der Waals surface area contributed by atoms with E-state index in [4.69, 9.17) is 0 Å². The van der Waals surface area contributed by atoms with Crippen molar-refractivity contribution in [2.24, 2.45) is 11.3 Å². The fourth-order valence-corrected chi connectivity index (χ4v) is 2.03. The zero-order valence-electron chi connectivity index (χ0n) is 10.2. The molecule has 0 heterocycles. The van der Waals surface area contributed by atoms with Gasteiger partial charge in [-0.3, -0.25) is 0 Å². The molecule has 0 unspecified atom stereocenters. The monoisotopic (exact) mass is 212 g/mol. The van der Waals surface area contributed by atoms with Crippen LogP contribution in [0.4, 0.5) is 0 Å². The molecular weight excluding hydrogens is 192 g/mol. The molecule has 0 spiro atoms. The lowest BCUT2D eigenvalue weighted by Gasteiger charge is -2.22. The second-order valence-corrected chi connectivity index (χ2v) is 5.23. The lowest BCUT2D eigenvalue weighted by Crippen LogP contribution is -2.09. The molecule has 0 radical (unpaired) electrons. The molecule has 0 N–H and O–H groups in total. The zero-order chi connectivity index (χ0) is 11.4. The number of rotatable bonds is 3. The first-order valence-corrected chi connectivity index (χ1v) is 6.08. The molecule has 0 bridgehead atoms. The second kappa shape index (κ2) is 4.69. The lowest BCUT2D eigenvalue weighted by atomic mass is 9.84. The highest BCUT2D eigenvalue weighted by Crippen LogP contribution is 2.27. The molecule has 2 rings (SSSR count). The molecule has 0 heteroatoms. The predicted octanol–water partition coefficient (Wildman–Crippen LogP) is 4.39. The molecule has 1 aliphatic rings. The van der Waals surface area contributed by atoms with E-state index in [0.29, 0.717) is 5.92 Å². The summed E-state index contributed by atoms with van der Waals surface area (Å²) < 4.78 is 0. The van der Waals surface area contributed by atoms with Gasteiger partial charge in [-0.05, 0) is 24.3 Å². The number of allylic oxidation sites excluding steroid dienone is 4. The largest absolute Gasteiger partial charge is 0.0808 e. The van der Waals surface area contributed by atoms with Gasteiger partial charge in [0.2, 0.25) is 0 Å². The van der Waals surface area contributed by atoms with Crippen LogP contribution in [0.15, 0.2) is 54.6 Å². The SMILES string of the molecule is CC1(C)C=CC(CCc2ccccc2)C=C1. The van der Waals surface area contributed by atoms with Gasteiger partial charge >= 0.3 is 0 Å². The minimum atomic E-state index is 0.253. The third kappa shape index (κ3) is 3.10. The lowest BCUT2D eigenvalue weighted by molar-refractivity contribution is 0.580. The van der Waals surface area contributed by atoms with E-state index in [-0.39, 0.29) is 5.41 Å². The van der Waals surface area contributed by atoms with Crippen LogP contribution in [-0.2, 0) is 6.42 Å². The highest BCUT2D eigenvalue weighted by Gasteiger charge is 2.14. The topological polar surface area (TPSA) is 0 Å². The molecule has 0 nitrogen and oxygen atoms in total. The Kier molecular flexibility index (Phi) is 3.28. The molecule has 0 aromatic heterocycles. The average molecular weight is 212 g/mol. The Morgan fingerprint density at radius 3 is 2.25 bits per heavy atom. The third-order valence-corrected chi connectivity index (χ3v) is 3.16. The summed E-state index contributed by atoms with van der Waals surface area (Å²) in [4.78, 5) is 0. The second-order valence-electron chi connectivity index (χ2n) is 5.23.